The van der Waals surface area contributed by atoms with E-state index in [-0.39, 0.29) is 18.7 Å². The molecule has 0 aromatic heterocycles. The van der Waals surface area contributed by atoms with Crippen LogP contribution in [-0.2, 0) is 16.0 Å². The summed E-state index contributed by atoms with van der Waals surface area (Å²) in [6, 6.07) is 7.04. The van der Waals surface area contributed by atoms with Gasteiger partial charge in [-0.1, -0.05) is 12.1 Å². The van der Waals surface area contributed by atoms with E-state index in [0.29, 0.717) is 25.3 Å². The summed E-state index contributed by atoms with van der Waals surface area (Å²) in [5.74, 6) is -1.39. The molecule has 1 aliphatic heterocycles. The predicted octanol–water partition coefficient (Wildman–Crippen LogP) is 0.551. The highest BCUT2D eigenvalue weighted by Gasteiger charge is 2.41. The summed E-state index contributed by atoms with van der Waals surface area (Å²) in [5, 5.41) is 12.1. The molecule has 0 radical (unpaired) electrons. The van der Waals surface area contributed by atoms with Crippen LogP contribution in [0.2, 0.25) is 0 Å². The van der Waals surface area contributed by atoms with Gasteiger partial charge >= 0.3 is 5.97 Å². The van der Waals surface area contributed by atoms with Crippen LogP contribution in [0.15, 0.2) is 24.3 Å². The van der Waals surface area contributed by atoms with Crippen LogP contribution in [0.1, 0.15) is 28.8 Å². The van der Waals surface area contributed by atoms with Gasteiger partial charge in [0.15, 0.2) is 0 Å². The van der Waals surface area contributed by atoms with Crippen LogP contribution in [0, 0.1) is 0 Å². The molecule has 1 saturated heterocycles. The Kier molecular flexibility index (Phi) is 4.93. The van der Waals surface area contributed by atoms with E-state index in [0.717, 1.165) is 12.0 Å². The molecule has 6 heteroatoms. The Morgan fingerprint density at radius 2 is 1.86 bits per heavy atom. The lowest BCUT2D eigenvalue weighted by atomic mass is 9.89. The number of carboxylic acid groups (broad SMARTS) is 1. The first-order valence-corrected chi connectivity index (χ1v) is 7.00. The van der Waals surface area contributed by atoms with Crippen LogP contribution in [0.3, 0.4) is 0 Å². The minimum absolute atomic E-state index is 0.277. The second-order valence-electron chi connectivity index (χ2n) is 5.19. The first-order valence-electron chi connectivity index (χ1n) is 7.00. The predicted molar refractivity (Wildman–Crippen MR) is 77.1 cm³/mol. The lowest BCUT2D eigenvalue weighted by Crippen LogP contribution is -2.57. The van der Waals surface area contributed by atoms with Crippen molar-refractivity contribution in [2.45, 2.75) is 24.8 Å². The zero-order chi connectivity index (χ0) is 15.3. The minimum Gasteiger partial charge on any atom is -0.480 e. The van der Waals surface area contributed by atoms with E-state index in [1.54, 1.807) is 12.1 Å². The third-order valence-electron chi connectivity index (χ3n) is 3.76. The van der Waals surface area contributed by atoms with Crippen LogP contribution in [-0.4, -0.2) is 42.3 Å². The number of ether oxygens (including phenoxy) is 1. The van der Waals surface area contributed by atoms with Gasteiger partial charge in [-0.05, 0) is 30.7 Å². The summed E-state index contributed by atoms with van der Waals surface area (Å²) in [5.41, 5.74) is 5.74. The number of carboxylic acids is 1. The Balaban J connectivity index is 2.10. The van der Waals surface area contributed by atoms with Crippen LogP contribution in [0.5, 0.6) is 0 Å². The van der Waals surface area contributed by atoms with Crippen LogP contribution in [0.25, 0.3) is 0 Å². The van der Waals surface area contributed by atoms with Crippen molar-refractivity contribution in [2.75, 3.05) is 19.8 Å². The van der Waals surface area contributed by atoms with E-state index < -0.39 is 11.5 Å². The van der Waals surface area contributed by atoms with Crippen molar-refractivity contribution < 1.29 is 19.4 Å². The molecule has 0 unspecified atom stereocenters. The number of carbonyl (C=O) groups excluding carboxylic acids is 1. The fourth-order valence-corrected chi connectivity index (χ4v) is 2.39. The number of aliphatic carboxylic acids is 1. The van der Waals surface area contributed by atoms with Crippen LogP contribution < -0.4 is 11.1 Å². The molecule has 1 aromatic carbocycles. The number of hydrogen-bond acceptors (Lipinski definition) is 4. The molecule has 1 aromatic rings. The Bertz CT molecular complexity index is 507. The van der Waals surface area contributed by atoms with Gasteiger partial charge < -0.3 is 20.9 Å². The summed E-state index contributed by atoms with van der Waals surface area (Å²) >= 11 is 0. The van der Waals surface area contributed by atoms with E-state index in [9.17, 15) is 14.7 Å². The molecular formula is C15H20N2O4. The number of hydrogen-bond donors (Lipinski definition) is 3. The zero-order valence-electron chi connectivity index (χ0n) is 11.8. The molecule has 0 bridgehead atoms. The highest BCUT2D eigenvalue weighted by molar-refractivity contribution is 5.97. The molecular weight excluding hydrogens is 272 g/mol. The maximum Gasteiger partial charge on any atom is 0.329 e. The van der Waals surface area contributed by atoms with Gasteiger partial charge in [-0.3, -0.25) is 4.79 Å². The van der Waals surface area contributed by atoms with Crippen molar-refractivity contribution in [2.24, 2.45) is 5.73 Å². The largest absolute Gasteiger partial charge is 0.480 e. The number of rotatable bonds is 5. The van der Waals surface area contributed by atoms with Crippen LogP contribution >= 0.6 is 0 Å². The minimum atomic E-state index is -1.23. The maximum absolute atomic E-state index is 12.3. The lowest BCUT2D eigenvalue weighted by Gasteiger charge is -2.33. The van der Waals surface area contributed by atoms with Gasteiger partial charge in [-0.2, -0.15) is 0 Å². The van der Waals surface area contributed by atoms with E-state index in [1.165, 1.54) is 0 Å². The highest BCUT2D eigenvalue weighted by atomic mass is 16.5. The topological polar surface area (TPSA) is 102 Å². The van der Waals surface area contributed by atoms with Gasteiger partial charge in [0.25, 0.3) is 5.91 Å². The first kappa shape index (κ1) is 15.5. The maximum atomic E-state index is 12.3. The standard InChI is InChI=1S/C15H20N2O4/c16-8-5-11-1-3-12(4-2-11)13(18)17-15(14(19)20)6-9-21-10-7-15/h1-4H,5-10,16H2,(H,17,18)(H,19,20). The zero-order valence-corrected chi connectivity index (χ0v) is 11.8. The van der Waals surface area contributed by atoms with E-state index >= 15 is 0 Å². The van der Waals surface area contributed by atoms with Gasteiger partial charge in [0.2, 0.25) is 0 Å². The van der Waals surface area contributed by atoms with Crippen molar-refractivity contribution in [3.63, 3.8) is 0 Å². The molecule has 4 N–H and O–H groups in total. The number of nitrogens with two attached hydrogens (primary N) is 1. The van der Waals surface area contributed by atoms with Gasteiger partial charge in [-0.15, -0.1) is 0 Å². The van der Waals surface area contributed by atoms with E-state index in [2.05, 4.69) is 5.32 Å². The third-order valence-corrected chi connectivity index (χ3v) is 3.76. The number of benzene rings is 1. The van der Waals surface area contributed by atoms with Crippen molar-refractivity contribution >= 4 is 11.9 Å². The molecule has 114 valence electrons. The molecule has 1 heterocycles. The number of amides is 1. The highest BCUT2D eigenvalue weighted by Crippen LogP contribution is 2.22. The molecule has 0 spiro atoms. The summed E-state index contributed by atoms with van der Waals surface area (Å²) in [6.45, 7) is 1.22. The molecule has 1 aliphatic rings. The van der Waals surface area contributed by atoms with Gasteiger partial charge in [-0.25, -0.2) is 4.79 Å². The molecule has 0 atom stereocenters. The molecule has 6 nitrogen and oxygen atoms in total. The second kappa shape index (κ2) is 6.69. The average molecular weight is 292 g/mol. The van der Waals surface area contributed by atoms with E-state index in [1.807, 2.05) is 12.1 Å². The smallest absolute Gasteiger partial charge is 0.329 e. The monoisotopic (exact) mass is 292 g/mol. The van der Waals surface area contributed by atoms with Gasteiger partial charge in [0.1, 0.15) is 5.54 Å². The third kappa shape index (κ3) is 3.59. The fraction of sp³-hybridized carbons (Fsp3) is 0.467. The summed E-state index contributed by atoms with van der Waals surface area (Å²) in [7, 11) is 0. The number of nitrogens with one attached hydrogen (secondary N) is 1. The van der Waals surface area contributed by atoms with Gasteiger partial charge in [0, 0.05) is 31.6 Å². The Hall–Kier alpha value is -1.92. The molecule has 0 saturated carbocycles. The Labute approximate surface area is 123 Å². The molecule has 1 fully saturated rings. The quantitative estimate of drug-likeness (QED) is 0.735. The van der Waals surface area contributed by atoms with Crippen molar-refractivity contribution in [3.05, 3.63) is 35.4 Å². The van der Waals surface area contributed by atoms with Gasteiger partial charge in [0.05, 0.1) is 0 Å². The Morgan fingerprint density at radius 1 is 1.24 bits per heavy atom. The molecule has 2 rings (SSSR count). The van der Waals surface area contributed by atoms with Crippen LogP contribution in [0.4, 0.5) is 0 Å². The number of carbonyl (C=O) groups is 2. The average Bonchev–Trinajstić information content (AvgIpc) is 2.49. The summed E-state index contributed by atoms with van der Waals surface area (Å²) < 4.78 is 5.18. The fourth-order valence-electron chi connectivity index (χ4n) is 2.39. The Morgan fingerprint density at radius 3 is 2.38 bits per heavy atom. The normalized spacial score (nSPS) is 17.2. The molecule has 0 aliphatic carbocycles. The molecule has 21 heavy (non-hydrogen) atoms. The van der Waals surface area contributed by atoms with Crippen molar-refractivity contribution in [1.29, 1.82) is 0 Å². The SMILES string of the molecule is NCCc1ccc(C(=O)NC2(C(=O)O)CCOCC2)cc1. The molecule has 1 amide bonds. The van der Waals surface area contributed by atoms with Crippen molar-refractivity contribution in [3.8, 4) is 0 Å². The van der Waals surface area contributed by atoms with E-state index in [4.69, 9.17) is 10.5 Å². The first-order chi connectivity index (χ1) is 10.1. The summed E-state index contributed by atoms with van der Waals surface area (Å²) in [4.78, 5) is 23.8. The lowest BCUT2D eigenvalue weighted by molar-refractivity contribution is -0.148. The second-order valence-corrected chi connectivity index (χ2v) is 5.19. The van der Waals surface area contributed by atoms with Crippen molar-refractivity contribution in [1.82, 2.24) is 5.32 Å². The summed E-state index contributed by atoms with van der Waals surface area (Å²) in [6.07, 6.45) is 1.30.